The summed E-state index contributed by atoms with van der Waals surface area (Å²) in [6.07, 6.45) is 0. The molecule has 2 amide bonds. The Kier molecular flexibility index (Phi) is 7.50. The fraction of sp³-hybridized carbons (Fsp3) is 0.333. The Morgan fingerprint density at radius 2 is 1.55 bits per heavy atom. The smallest absolute Gasteiger partial charge is 0.271 e. The number of hydrogen-bond donors (Lipinski definition) is 2. The van der Waals surface area contributed by atoms with E-state index in [9.17, 15) is 9.59 Å². The summed E-state index contributed by atoms with van der Waals surface area (Å²) >= 11 is 12.3. The topological polar surface area (TPSA) is 64.7 Å². The number of piperazine rings is 1. The molecule has 2 N–H and O–H groups in total. The van der Waals surface area contributed by atoms with Gasteiger partial charge in [0.1, 0.15) is 0 Å². The molecule has 8 heteroatoms. The van der Waals surface area contributed by atoms with Crippen LogP contribution in [0.2, 0.25) is 10.0 Å². The SMILES string of the molecule is C[C@H](c1ccccc1Cl)N1CCN(CC(=O)NNC(=O)c2ccccc2Cl)CC1. The molecule has 0 spiro atoms. The molecule has 2 aromatic carbocycles. The van der Waals surface area contributed by atoms with Crippen LogP contribution in [0.25, 0.3) is 0 Å². The molecule has 0 aromatic heterocycles. The second-order valence-corrected chi connectivity index (χ2v) is 7.81. The van der Waals surface area contributed by atoms with Crippen molar-refractivity contribution in [3.8, 4) is 0 Å². The molecule has 0 bridgehead atoms. The van der Waals surface area contributed by atoms with Gasteiger partial charge in [0.25, 0.3) is 11.8 Å². The number of hydrazine groups is 1. The number of hydrogen-bond acceptors (Lipinski definition) is 4. The molecule has 1 fully saturated rings. The minimum absolute atomic E-state index is 0.217. The molecular weight excluding hydrogens is 411 g/mol. The molecule has 1 aliphatic rings. The van der Waals surface area contributed by atoms with Crippen molar-refractivity contribution in [1.29, 1.82) is 0 Å². The van der Waals surface area contributed by atoms with Crippen LogP contribution in [0.3, 0.4) is 0 Å². The van der Waals surface area contributed by atoms with Gasteiger partial charge in [0.2, 0.25) is 0 Å². The van der Waals surface area contributed by atoms with Crippen molar-refractivity contribution in [2.24, 2.45) is 0 Å². The van der Waals surface area contributed by atoms with Crippen LogP contribution >= 0.6 is 23.2 Å². The minimum atomic E-state index is -0.442. The van der Waals surface area contributed by atoms with Crippen molar-refractivity contribution in [2.45, 2.75) is 13.0 Å². The molecule has 0 unspecified atom stereocenters. The molecule has 0 aliphatic carbocycles. The maximum Gasteiger partial charge on any atom is 0.271 e. The summed E-state index contributed by atoms with van der Waals surface area (Å²) in [5, 5.41) is 1.11. The lowest BCUT2D eigenvalue weighted by Gasteiger charge is -2.38. The summed E-state index contributed by atoms with van der Waals surface area (Å²) in [4.78, 5) is 28.7. The van der Waals surface area contributed by atoms with E-state index in [0.29, 0.717) is 10.6 Å². The summed E-state index contributed by atoms with van der Waals surface area (Å²) in [5.41, 5.74) is 6.29. The van der Waals surface area contributed by atoms with Gasteiger partial charge in [-0.05, 0) is 30.7 Å². The summed E-state index contributed by atoms with van der Waals surface area (Å²) < 4.78 is 0. The van der Waals surface area contributed by atoms with Crippen molar-refractivity contribution in [1.82, 2.24) is 20.7 Å². The number of rotatable bonds is 5. The number of amides is 2. The van der Waals surface area contributed by atoms with E-state index < -0.39 is 5.91 Å². The number of benzene rings is 2. The summed E-state index contributed by atoms with van der Waals surface area (Å²) in [7, 11) is 0. The quantitative estimate of drug-likeness (QED) is 0.709. The second kappa shape index (κ2) is 10.1. The van der Waals surface area contributed by atoms with Gasteiger partial charge in [0.05, 0.1) is 17.1 Å². The van der Waals surface area contributed by atoms with E-state index in [1.165, 1.54) is 0 Å². The predicted molar refractivity (Wildman–Crippen MR) is 115 cm³/mol. The standard InChI is InChI=1S/C21H24Cl2N4O2/c1-15(16-6-2-4-8-18(16)22)27-12-10-26(11-13-27)14-20(28)24-25-21(29)17-7-3-5-9-19(17)23/h2-9,15H,10-14H2,1H3,(H,24,28)(H,25,29)/t15-/m1/s1. The van der Waals surface area contributed by atoms with Crippen LogP contribution in [-0.4, -0.2) is 54.3 Å². The molecule has 154 valence electrons. The average molecular weight is 435 g/mol. The number of nitrogens with one attached hydrogen (secondary N) is 2. The highest BCUT2D eigenvalue weighted by atomic mass is 35.5. The first kappa shape index (κ1) is 21.6. The molecule has 0 saturated carbocycles. The summed E-state index contributed by atoms with van der Waals surface area (Å²) in [5.74, 6) is -0.708. The third kappa shape index (κ3) is 5.70. The Balaban J connectivity index is 1.43. The maximum absolute atomic E-state index is 12.2. The van der Waals surface area contributed by atoms with E-state index in [2.05, 4.69) is 33.6 Å². The normalized spacial score (nSPS) is 16.2. The molecular formula is C21H24Cl2N4O2. The first-order valence-corrected chi connectivity index (χ1v) is 10.3. The first-order valence-electron chi connectivity index (χ1n) is 9.50. The lowest BCUT2D eigenvalue weighted by Crippen LogP contribution is -2.52. The number of carbonyl (C=O) groups is 2. The molecule has 29 heavy (non-hydrogen) atoms. The van der Waals surface area contributed by atoms with Gasteiger partial charge in [-0.15, -0.1) is 0 Å². The molecule has 1 atom stereocenters. The Hall–Kier alpha value is -2.12. The Bertz CT molecular complexity index is 869. The fourth-order valence-corrected chi connectivity index (χ4v) is 3.92. The van der Waals surface area contributed by atoms with Gasteiger partial charge in [0, 0.05) is 37.2 Å². The van der Waals surface area contributed by atoms with Crippen molar-refractivity contribution >= 4 is 35.0 Å². The lowest BCUT2D eigenvalue weighted by molar-refractivity contribution is -0.123. The van der Waals surface area contributed by atoms with Gasteiger partial charge in [-0.1, -0.05) is 53.5 Å². The highest BCUT2D eigenvalue weighted by Gasteiger charge is 2.24. The van der Waals surface area contributed by atoms with Crippen molar-refractivity contribution in [2.75, 3.05) is 32.7 Å². The van der Waals surface area contributed by atoms with Crippen molar-refractivity contribution in [3.63, 3.8) is 0 Å². The van der Waals surface area contributed by atoms with E-state index in [-0.39, 0.29) is 18.5 Å². The first-order chi connectivity index (χ1) is 14.0. The van der Waals surface area contributed by atoms with Crippen LogP contribution in [0.1, 0.15) is 28.9 Å². The van der Waals surface area contributed by atoms with Crippen LogP contribution in [0.5, 0.6) is 0 Å². The van der Waals surface area contributed by atoms with Gasteiger partial charge in [-0.2, -0.15) is 0 Å². The zero-order valence-corrected chi connectivity index (χ0v) is 17.7. The largest absolute Gasteiger partial charge is 0.294 e. The summed E-state index contributed by atoms with van der Waals surface area (Å²) in [6, 6.07) is 14.8. The lowest BCUT2D eigenvalue weighted by atomic mass is 10.1. The van der Waals surface area contributed by atoms with Gasteiger partial charge in [-0.3, -0.25) is 30.2 Å². The zero-order valence-electron chi connectivity index (χ0n) is 16.2. The van der Waals surface area contributed by atoms with Gasteiger partial charge < -0.3 is 0 Å². The Morgan fingerprint density at radius 3 is 2.21 bits per heavy atom. The van der Waals surface area contributed by atoms with Gasteiger partial charge in [0.15, 0.2) is 0 Å². The molecule has 6 nitrogen and oxygen atoms in total. The number of nitrogens with zero attached hydrogens (tertiary/aromatic N) is 2. The van der Waals surface area contributed by atoms with Crippen LogP contribution < -0.4 is 10.9 Å². The third-order valence-electron chi connectivity index (χ3n) is 5.11. The maximum atomic E-state index is 12.2. The van der Waals surface area contributed by atoms with Crippen molar-refractivity contribution < 1.29 is 9.59 Å². The van der Waals surface area contributed by atoms with Crippen LogP contribution in [0.4, 0.5) is 0 Å². The van der Waals surface area contributed by atoms with E-state index in [0.717, 1.165) is 36.8 Å². The third-order valence-corrected chi connectivity index (χ3v) is 5.78. The monoisotopic (exact) mass is 434 g/mol. The molecule has 1 heterocycles. The molecule has 2 aromatic rings. The minimum Gasteiger partial charge on any atom is -0.294 e. The Morgan fingerprint density at radius 1 is 0.931 bits per heavy atom. The van der Waals surface area contributed by atoms with Crippen molar-refractivity contribution in [3.05, 3.63) is 69.7 Å². The van der Waals surface area contributed by atoms with E-state index in [4.69, 9.17) is 23.2 Å². The fourth-order valence-electron chi connectivity index (χ4n) is 3.40. The number of halogens is 2. The summed E-state index contributed by atoms with van der Waals surface area (Å²) in [6.45, 7) is 5.57. The highest BCUT2D eigenvalue weighted by molar-refractivity contribution is 6.33. The molecule has 3 rings (SSSR count). The molecule has 1 aliphatic heterocycles. The van der Waals surface area contributed by atoms with E-state index in [1.807, 2.05) is 18.2 Å². The van der Waals surface area contributed by atoms with E-state index >= 15 is 0 Å². The van der Waals surface area contributed by atoms with Crippen LogP contribution in [0.15, 0.2) is 48.5 Å². The highest BCUT2D eigenvalue weighted by Crippen LogP contribution is 2.27. The molecule has 1 saturated heterocycles. The second-order valence-electron chi connectivity index (χ2n) is 6.99. The Labute approximate surface area is 180 Å². The number of carbonyl (C=O) groups excluding carboxylic acids is 2. The molecule has 0 radical (unpaired) electrons. The average Bonchev–Trinajstić information content (AvgIpc) is 2.73. The van der Waals surface area contributed by atoms with Gasteiger partial charge >= 0.3 is 0 Å². The predicted octanol–water partition coefficient (Wildman–Crippen LogP) is 3.13. The van der Waals surface area contributed by atoms with Crippen LogP contribution in [-0.2, 0) is 4.79 Å². The van der Waals surface area contributed by atoms with Gasteiger partial charge in [-0.25, -0.2) is 0 Å². The van der Waals surface area contributed by atoms with Crippen LogP contribution in [0, 0.1) is 0 Å². The van der Waals surface area contributed by atoms with E-state index in [1.54, 1.807) is 24.3 Å². The zero-order chi connectivity index (χ0) is 20.8.